The summed E-state index contributed by atoms with van der Waals surface area (Å²) >= 11 is 0. The Bertz CT molecular complexity index is 1470. The average Bonchev–Trinajstić information content (AvgIpc) is 3.12. The number of nitrogens with zero attached hydrogens (tertiary/aromatic N) is 3. The number of hydrogen-bond donors (Lipinski definition) is 1. The monoisotopic (exact) mass is 473 g/mol. The van der Waals surface area contributed by atoms with Gasteiger partial charge in [-0.2, -0.15) is 0 Å². The molecule has 0 unspecified atom stereocenters. The smallest absolute Gasteiger partial charge is 0.337 e. The van der Waals surface area contributed by atoms with E-state index in [2.05, 4.69) is 0 Å². The molecule has 0 aliphatic rings. The van der Waals surface area contributed by atoms with Crippen LogP contribution in [0, 0.1) is 10.1 Å². The Hall–Kier alpha value is -4.99. The first-order chi connectivity index (χ1) is 16.8. The number of nitro benzene ring substituents is 1. The number of benzene rings is 3. The van der Waals surface area contributed by atoms with Gasteiger partial charge in [0.15, 0.2) is 0 Å². The summed E-state index contributed by atoms with van der Waals surface area (Å²) in [5.41, 5.74) is 1.83. The minimum atomic E-state index is -0.730. The van der Waals surface area contributed by atoms with E-state index in [1.54, 1.807) is 48.5 Å². The van der Waals surface area contributed by atoms with Crippen molar-refractivity contribution >= 4 is 39.9 Å². The van der Waals surface area contributed by atoms with Crippen molar-refractivity contribution in [1.82, 2.24) is 4.73 Å². The van der Waals surface area contributed by atoms with E-state index < -0.39 is 22.7 Å². The maximum atomic E-state index is 11.8. The molecule has 0 atom stereocenters. The number of carbonyl (C=O) groups excluding carboxylic acids is 2. The fourth-order valence-electron chi connectivity index (χ4n) is 3.58. The Morgan fingerprint density at radius 2 is 1.69 bits per heavy atom. The van der Waals surface area contributed by atoms with Crippen molar-refractivity contribution in [3.8, 4) is 5.88 Å². The Kier molecular flexibility index (Phi) is 6.27. The number of esters is 1. The van der Waals surface area contributed by atoms with Crippen LogP contribution in [0.5, 0.6) is 5.88 Å². The van der Waals surface area contributed by atoms with Gasteiger partial charge in [0.1, 0.15) is 0 Å². The molecule has 3 aromatic carbocycles. The lowest BCUT2D eigenvalue weighted by Gasteiger charge is -2.09. The van der Waals surface area contributed by atoms with Gasteiger partial charge in [0.05, 0.1) is 40.1 Å². The molecule has 0 radical (unpaired) electrons. The standard InChI is InChI=1S/C25H19N3O7/c1-15(29)35-27-21-14-19(28(32)33)12-13-20(21)22(24(27)30)23(16-6-4-3-5-7-16)26-18-10-8-17(9-11-18)25(31)34-2/h3-14,30H,1-2H3. The van der Waals surface area contributed by atoms with Crippen LogP contribution in [-0.2, 0) is 9.53 Å². The molecule has 10 heteroatoms. The van der Waals surface area contributed by atoms with E-state index in [4.69, 9.17) is 14.6 Å². The fourth-order valence-corrected chi connectivity index (χ4v) is 3.58. The number of aromatic hydroxyl groups is 1. The zero-order valence-corrected chi connectivity index (χ0v) is 18.7. The number of aliphatic imine (C=N–C) groups is 1. The van der Waals surface area contributed by atoms with Crippen molar-refractivity contribution in [2.45, 2.75) is 6.92 Å². The maximum absolute atomic E-state index is 11.8. The first kappa shape index (κ1) is 23.2. The summed E-state index contributed by atoms with van der Waals surface area (Å²) < 4.78 is 5.57. The van der Waals surface area contributed by atoms with Crippen molar-refractivity contribution in [3.05, 3.63) is 99.6 Å². The lowest BCUT2D eigenvalue weighted by molar-refractivity contribution is -0.384. The van der Waals surface area contributed by atoms with Gasteiger partial charge in [-0.3, -0.25) is 10.1 Å². The van der Waals surface area contributed by atoms with Crippen molar-refractivity contribution in [2.24, 2.45) is 4.99 Å². The van der Waals surface area contributed by atoms with E-state index in [-0.39, 0.29) is 16.8 Å². The minimum absolute atomic E-state index is 0.117. The zero-order valence-electron chi connectivity index (χ0n) is 18.7. The van der Waals surface area contributed by atoms with E-state index in [1.165, 1.54) is 25.3 Å². The third-order valence-electron chi connectivity index (χ3n) is 5.13. The second kappa shape index (κ2) is 9.48. The highest BCUT2D eigenvalue weighted by Gasteiger charge is 2.26. The summed E-state index contributed by atoms with van der Waals surface area (Å²) in [6.45, 7) is 1.15. The summed E-state index contributed by atoms with van der Waals surface area (Å²) in [5.74, 6) is -1.68. The van der Waals surface area contributed by atoms with Gasteiger partial charge < -0.3 is 14.7 Å². The first-order valence-electron chi connectivity index (χ1n) is 10.3. The lowest BCUT2D eigenvalue weighted by atomic mass is 10.0. The molecule has 0 amide bonds. The highest BCUT2D eigenvalue weighted by atomic mass is 16.7. The second-order valence-corrected chi connectivity index (χ2v) is 7.40. The van der Waals surface area contributed by atoms with E-state index in [1.807, 2.05) is 6.07 Å². The van der Waals surface area contributed by atoms with Gasteiger partial charge in [0.25, 0.3) is 5.69 Å². The molecule has 4 aromatic rings. The molecule has 0 bridgehead atoms. The summed E-state index contributed by atoms with van der Waals surface area (Å²) in [5, 5.41) is 22.8. The van der Waals surface area contributed by atoms with Crippen LogP contribution in [0.15, 0.2) is 77.8 Å². The maximum Gasteiger partial charge on any atom is 0.337 e. The van der Waals surface area contributed by atoms with Crippen LogP contribution >= 0.6 is 0 Å². The number of non-ortho nitro benzene ring substituents is 1. The highest BCUT2D eigenvalue weighted by molar-refractivity contribution is 6.22. The molecule has 1 aromatic heterocycles. The molecule has 0 aliphatic heterocycles. The number of aromatic nitrogens is 1. The van der Waals surface area contributed by atoms with Crippen LogP contribution in [0.4, 0.5) is 11.4 Å². The van der Waals surface area contributed by atoms with Gasteiger partial charge in [0.2, 0.25) is 5.88 Å². The highest BCUT2D eigenvalue weighted by Crippen LogP contribution is 2.36. The van der Waals surface area contributed by atoms with Crippen LogP contribution < -0.4 is 4.84 Å². The largest absolute Gasteiger partial charge is 0.492 e. The molecule has 0 saturated carbocycles. The topological polar surface area (TPSA) is 133 Å². The van der Waals surface area contributed by atoms with Gasteiger partial charge in [-0.15, -0.1) is 4.73 Å². The minimum Gasteiger partial charge on any atom is -0.492 e. The van der Waals surface area contributed by atoms with E-state index in [9.17, 15) is 24.8 Å². The van der Waals surface area contributed by atoms with Crippen molar-refractivity contribution in [2.75, 3.05) is 7.11 Å². The number of fused-ring (bicyclic) bond motifs is 1. The summed E-state index contributed by atoms with van der Waals surface area (Å²) in [7, 11) is 1.29. The van der Waals surface area contributed by atoms with Gasteiger partial charge >= 0.3 is 11.9 Å². The van der Waals surface area contributed by atoms with Crippen LogP contribution in [0.25, 0.3) is 10.9 Å². The number of methoxy groups -OCH3 is 1. The molecule has 35 heavy (non-hydrogen) atoms. The molecule has 1 heterocycles. The molecular formula is C25H19N3O7. The van der Waals surface area contributed by atoms with E-state index in [0.717, 1.165) is 11.7 Å². The van der Waals surface area contributed by atoms with Crippen LogP contribution in [0.2, 0.25) is 0 Å². The number of carbonyl (C=O) groups is 2. The normalized spacial score (nSPS) is 11.3. The van der Waals surface area contributed by atoms with Gasteiger partial charge in [-0.1, -0.05) is 30.3 Å². The fraction of sp³-hybridized carbons (Fsp3) is 0.0800. The van der Waals surface area contributed by atoms with Crippen LogP contribution in [0.3, 0.4) is 0 Å². The van der Waals surface area contributed by atoms with Gasteiger partial charge in [0, 0.05) is 30.0 Å². The van der Waals surface area contributed by atoms with Crippen molar-refractivity contribution in [3.63, 3.8) is 0 Å². The van der Waals surface area contributed by atoms with E-state index in [0.29, 0.717) is 27.9 Å². The SMILES string of the molecule is COC(=O)c1ccc(N=C(c2ccccc2)c2c(O)n(OC(C)=O)c3cc([N+](=O)[O-])ccc23)cc1. The number of hydrogen-bond acceptors (Lipinski definition) is 8. The van der Waals surface area contributed by atoms with E-state index >= 15 is 0 Å². The third-order valence-corrected chi connectivity index (χ3v) is 5.13. The molecule has 4 rings (SSSR count). The molecule has 0 spiro atoms. The molecule has 0 fully saturated rings. The average molecular weight is 473 g/mol. The molecule has 0 aliphatic carbocycles. The number of ether oxygens (including phenoxy) is 1. The lowest BCUT2D eigenvalue weighted by Crippen LogP contribution is -2.16. The Morgan fingerprint density at radius 1 is 1.00 bits per heavy atom. The quantitative estimate of drug-likeness (QED) is 0.192. The molecule has 10 nitrogen and oxygen atoms in total. The number of rotatable bonds is 6. The third kappa shape index (κ3) is 4.58. The summed E-state index contributed by atoms with van der Waals surface area (Å²) in [6, 6.07) is 19.2. The predicted molar refractivity (Wildman–Crippen MR) is 127 cm³/mol. The van der Waals surface area contributed by atoms with Crippen LogP contribution in [0.1, 0.15) is 28.4 Å². The van der Waals surface area contributed by atoms with Gasteiger partial charge in [-0.05, 0) is 30.3 Å². The molecule has 176 valence electrons. The Balaban J connectivity index is 1.98. The summed E-state index contributed by atoms with van der Waals surface area (Å²) in [6.07, 6.45) is 0. The molecular weight excluding hydrogens is 454 g/mol. The Labute approximate surface area is 198 Å². The van der Waals surface area contributed by atoms with Crippen LogP contribution in [-0.4, -0.2) is 39.5 Å². The second-order valence-electron chi connectivity index (χ2n) is 7.40. The van der Waals surface area contributed by atoms with Gasteiger partial charge in [-0.25, -0.2) is 14.6 Å². The number of nitro groups is 1. The van der Waals surface area contributed by atoms with Crippen molar-refractivity contribution in [1.29, 1.82) is 0 Å². The molecule has 0 saturated heterocycles. The van der Waals surface area contributed by atoms with Crippen molar-refractivity contribution < 1.29 is 29.2 Å². The zero-order chi connectivity index (χ0) is 25.1. The Morgan fingerprint density at radius 3 is 2.29 bits per heavy atom. The predicted octanol–water partition coefficient (Wildman–Crippen LogP) is 4.19. The first-order valence-corrected chi connectivity index (χ1v) is 10.3. The summed E-state index contributed by atoms with van der Waals surface area (Å²) in [4.78, 5) is 44.1. The molecule has 1 N–H and O–H groups in total.